The normalized spacial score (nSPS) is 10.1. The highest BCUT2D eigenvalue weighted by Gasteiger charge is 2.06. The van der Waals surface area contributed by atoms with Crippen molar-refractivity contribution in [2.24, 2.45) is 0 Å². The molecule has 0 spiro atoms. The largest absolute Gasteiger partial charge is 0.395 e. The Balaban J connectivity index is 2.33. The molecule has 1 aromatic carbocycles. The number of rotatable bonds is 5. The second-order valence-electron chi connectivity index (χ2n) is 4.05. The minimum Gasteiger partial charge on any atom is -0.395 e. The van der Waals surface area contributed by atoms with E-state index in [-0.39, 0.29) is 12.6 Å². The Labute approximate surface area is 102 Å². The fraction of sp³-hybridized carbons (Fsp3) is 0.462. The van der Waals surface area contributed by atoms with E-state index in [0.717, 1.165) is 6.42 Å². The van der Waals surface area contributed by atoms with Gasteiger partial charge in [0.1, 0.15) is 0 Å². The van der Waals surface area contributed by atoms with Crippen LogP contribution < -0.4 is 5.32 Å². The summed E-state index contributed by atoms with van der Waals surface area (Å²) in [4.78, 5) is 13.0. The fourth-order valence-electron chi connectivity index (χ4n) is 1.58. The average molecular weight is 236 g/mol. The van der Waals surface area contributed by atoms with Crippen LogP contribution in [0.5, 0.6) is 0 Å². The lowest BCUT2D eigenvalue weighted by molar-refractivity contribution is 0.190. The first-order chi connectivity index (χ1) is 8.15. The molecule has 0 unspecified atom stereocenters. The van der Waals surface area contributed by atoms with E-state index in [1.807, 2.05) is 12.1 Å². The maximum absolute atomic E-state index is 11.5. The fourth-order valence-corrected chi connectivity index (χ4v) is 1.58. The molecule has 2 N–H and O–H groups in total. The van der Waals surface area contributed by atoms with Crippen LogP contribution >= 0.6 is 0 Å². The molecule has 94 valence electrons. The van der Waals surface area contributed by atoms with Crippen LogP contribution in [0.15, 0.2) is 24.3 Å². The number of urea groups is 1. The molecule has 1 aromatic rings. The monoisotopic (exact) mass is 236 g/mol. The number of carbonyl (C=O) groups excluding carboxylic acids is 1. The van der Waals surface area contributed by atoms with Crippen LogP contribution in [0.3, 0.4) is 0 Å². The van der Waals surface area contributed by atoms with Gasteiger partial charge in [0.25, 0.3) is 0 Å². The molecular weight excluding hydrogens is 216 g/mol. The third-order valence-electron chi connectivity index (χ3n) is 2.71. The highest BCUT2D eigenvalue weighted by atomic mass is 16.3. The molecule has 1 rings (SSSR count). The van der Waals surface area contributed by atoms with Crippen molar-refractivity contribution in [2.75, 3.05) is 26.7 Å². The molecule has 0 aromatic heterocycles. The van der Waals surface area contributed by atoms with E-state index in [1.54, 1.807) is 7.05 Å². The van der Waals surface area contributed by atoms with Crippen LogP contribution in [0.2, 0.25) is 0 Å². The van der Waals surface area contributed by atoms with Gasteiger partial charge in [-0.1, -0.05) is 24.3 Å². The summed E-state index contributed by atoms with van der Waals surface area (Å²) in [6.45, 7) is 3.02. The maximum atomic E-state index is 11.5. The number of aryl methyl sites for hydroxylation is 1. The summed E-state index contributed by atoms with van der Waals surface area (Å²) in [5, 5.41) is 11.5. The van der Waals surface area contributed by atoms with Gasteiger partial charge in [-0.25, -0.2) is 4.79 Å². The van der Waals surface area contributed by atoms with Gasteiger partial charge in [0.15, 0.2) is 0 Å². The lowest BCUT2D eigenvalue weighted by Gasteiger charge is -2.16. The van der Waals surface area contributed by atoms with E-state index in [0.29, 0.717) is 13.1 Å². The van der Waals surface area contributed by atoms with E-state index >= 15 is 0 Å². The van der Waals surface area contributed by atoms with Crippen molar-refractivity contribution in [2.45, 2.75) is 13.3 Å². The van der Waals surface area contributed by atoms with Crippen LogP contribution in [-0.2, 0) is 6.42 Å². The van der Waals surface area contributed by atoms with E-state index in [9.17, 15) is 4.79 Å². The van der Waals surface area contributed by atoms with Crippen LogP contribution in [-0.4, -0.2) is 42.8 Å². The van der Waals surface area contributed by atoms with Crippen LogP contribution in [0.1, 0.15) is 11.1 Å². The Morgan fingerprint density at radius 3 is 2.76 bits per heavy atom. The van der Waals surface area contributed by atoms with Crippen molar-refractivity contribution in [3.8, 4) is 0 Å². The summed E-state index contributed by atoms with van der Waals surface area (Å²) in [6, 6.07) is 8.00. The molecule has 0 atom stereocenters. The molecule has 17 heavy (non-hydrogen) atoms. The standard InChI is InChI=1S/C13H20N2O2/c1-11-5-3-4-6-12(11)7-8-14-13(17)15(2)9-10-16/h3-6,16H,7-10H2,1-2H3,(H,14,17). The number of likely N-dealkylation sites (N-methyl/N-ethyl adjacent to an activating group) is 1. The first-order valence-electron chi connectivity index (χ1n) is 5.79. The minimum absolute atomic E-state index is 0.0122. The Morgan fingerprint density at radius 1 is 1.41 bits per heavy atom. The highest BCUT2D eigenvalue weighted by Crippen LogP contribution is 2.06. The van der Waals surface area contributed by atoms with Crippen molar-refractivity contribution in [1.29, 1.82) is 0 Å². The van der Waals surface area contributed by atoms with E-state index in [1.165, 1.54) is 16.0 Å². The molecule has 0 saturated heterocycles. The molecule has 2 amide bonds. The zero-order valence-electron chi connectivity index (χ0n) is 10.4. The van der Waals surface area contributed by atoms with Crippen molar-refractivity contribution >= 4 is 6.03 Å². The van der Waals surface area contributed by atoms with E-state index in [4.69, 9.17) is 5.11 Å². The Hall–Kier alpha value is -1.55. The Bertz CT molecular complexity index is 366. The summed E-state index contributed by atoms with van der Waals surface area (Å²) in [5.41, 5.74) is 2.49. The molecule has 0 aliphatic heterocycles. The van der Waals surface area contributed by atoms with Gasteiger partial charge < -0.3 is 15.3 Å². The third-order valence-corrected chi connectivity index (χ3v) is 2.71. The molecule has 0 aliphatic rings. The van der Waals surface area contributed by atoms with Gasteiger partial charge in [0, 0.05) is 20.1 Å². The molecule has 0 saturated carbocycles. The van der Waals surface area contributed by atoms with Gasteiger partial charge in [0.05, 0.1) is 6.61 Å². The SMILES string of the molecule is Cc1ccccc1CCNC(=O)N(C)CCO. The lowest BCUT2D eigenvalue weighted by atomic mass is 10.1. The van der Waals surface area contributed by atoms with E-state index < -0.39 is 0 Å². The Morgan fingerprint density at radius 2 is 2.12 bits per heavy atom. The number of nitrogens with one attached hydrogen (secondary N) is 1. The van der Waals surface area contributed by atoms with E-state index in [2.05, 4.69) is 24.4 Å². The van der Waals surface area contributed by atoms with Gasteiger partial charge in [0.2, 0.25) is 0 Å². The minimum atomic E-state index is -0.146. The lowest BCUT2D eigenvalue weighted by Crippen LogP contribution is -2.39. The van der Waals surface area contributed by atoms with Crippen molar-refractivity contribution < 1.29 is 9.90 Å². The molecular formula is C13H20N2O2. The maximum Gasteiger partial charge on any atom is 0.317 e. The van der Waals surface area contributed by atoms with Crippen molar-refractivity contribution in [3.63, 3.8) is 0 Å². The molecule has 0 bridgehead atoms. The van der Waals surface area contributed by atoms with Gasteiger partial charge in [-0.15, -0.1) is 0 Å². The topological polar surface area (TPSA) is 52.6 Å². The molecule has 4 heteroatoms. The molecule has 4 nitrogen and oxygen atoms in total. The number of benzene rings is 1. The van der Waals surface area contributed by atoms with Crippen LogP contribution in [0.4, 0.5) is 4.79 Å². The van der Waals surface area contributed by atoms with Crippen LogP contribution in [0.25, 0.3) is 0 Å². The zero-order chi connectivity index (χ0) is 12.7. The predicted octanol–water partition coefficient (Wildman–Crippen LogP) is 1.17. The van der Waals surface area contributed by atoms with Gasteiger partial charge >= 0.3 is 6.03 Å². The summed E-state index contributed by atoms with van der Waals surface area (Å²) >= 11 is 0. The third kappa shape index (κ3) is 4.44. The predicted molar refractivity (Wildman–Crippen MR) is 68.0 cm³/mol. The summed E-state index contributed by atoms with van der Waals surface area (Å²) < 4.78 is 0. The second-order valence-corrected chi connectivity index (χ2v) is 4.05. The first kappa shape index (κ1) is 13.5. The van der Waals surface area contributed by atoms with Gasteiger partial charge in [-0.3, -0.25) is 0 Å². The summed E-state index contributed by atoms with van der Waals surface area (Å²) in [7, 11) is 1.67. The van der Waals surface area contributed by atoms with Crippen molar-refractivity contribution in [1.82, 2.24) is 10.2 Å². The zero-order valence-corrected chi connectivity index (χ0v) is 10.4. The Kier molecular flexibility index (Phi) is 5.49. The smallest absolute Gasteiger partial charge is 0.317 e. The number of hydrogen-bond donors (Lipinski definition) is 2. The quantitative estimate of drug-likeness (QED) is 0.806. The molecule has 0 aliphatic carbocycles. The summed E-state index contributed by atoms with van der Waals surface area (Å²) in [6.07, 6.45) is 0.825. The molecule has 0 heterocycles. The van der Waals surface area contributed by atoms with Gasteiger partial charge in [-0.2, -0.15) is 0 Å². The first-order valence-corrected chi connectivity index (χ1v) is 5.79. The second kappa shape index (κ2) is 6.91. The molecule has 0 fully saturated rings. The highest BCUT2D eigenvalue weighted by molar-refractivity contribution is 5.73. The van der Waals surface area contributed by atoms with Crippen LogP contribution in [0, 0.1) is 6.92 Å². The van der Waals surface area contributed by atoms with Gasteiger partial charge in [-0.05, 0) is 24.5 Å². The number of aliphatic hydroxyl groups is 1. The van der Waals surface area contributed by atoms with Crippen molar-refractivity contribution in [3.05, 3.63) is 35.4 Å². The number of aliphatic hydroxyl groups excluding tert-OH is 1. The number of nitrogens with zero attached hydrogens (tertiary/aromatic N) is 1. The summed E-state index contributed by atoms with van der Waals surface area (Å²) in [5.74, 6) is 0. The average Bonchev–Trinajstić information content (AvgIpc) is 2.31. The number of amides is 2. The number of carbonyl (C=O) groups is 1. The number of hydrogen-bond acceptors (Lipinski definition) is 2. The molecule has 0 radical (unpaired) electrons.